The first-order valence-corrected chi connectivity index (χ1v) is 15.5. The van der Waals surface area contributed by atoms with Gasteiger partial charge in [-0.2, -0.15) is 15.6 Å². The number of benzene rings is 1. The van der Waals surface area contributed by atoms with E-state index in [9.17, 15) is 10.5 Å². The molecule has 3 aromatic rings. The van der Waals surface area contributed by atoms with Crippen molar-refractivity contribution in [2.45, 2.75) is 39.2 Å². The summed E-state index contributed by atoms with van der Waals surface area (Å²) in [5.74, 6) is 1.53. The molecule has 0 radical (unpaired) electrons. The molecule has 3 heterocycles. The highest BCUT2D eigenvalue weighted by molar-refractivity contribution is 14.2. The largest absolute Gasteiger partial charge is 0.383 e. The summed E-state index contributed by atoms with van der Waals surface area (Å²) in [6, 6.07) is 11.8. The van der Waals surface area contributed by atoms with E-state index >= 15 is 0 Å². The fourth-order valence-electron chi connectivity index (χ4n) is 4.05. The topological polar surface area (TPSA) is 134 Å². The Morgan fingerprint density at radius 3 is 2.86 bits per heavy atom. The fraction of sp³-hybridized carbons (Fsp3) is 0.375. The lowest BCUT2D eigenvalue weighted by atomic mass is 9.83. The van der Waals surface area contributed by atoms with Crippen LogP contribution in [0.4, 0.5) is 17.5 Å². The molecule has 0 saturated heterocycles. The second kappa shape index (κ2) is 12.3. The summed E-state index contributed by atoms with van der Waals surface area (Å²) < 4.78 is 12.6. The van der Waals surface area contributed by atoms with Gasteiger partial charge in [-0.1, -0.05) is 20.8 Å². The van der Waals surface area contributed by atoms with Crippen molar-refractivity contribution in [3.63, 3.8) is 0 Å². The summed E-state index contributed by atoms with van der Waals surface area (Å²) in [6.45, 7) is 8.09. The zero-order valence-corrected chi connectivity index (χ0v) is 24.3. The van der Waals surface area contributed by atoms with Crippen molar-refractivity contribution in [3.8, 4) is 23.4 Å². The number of fused-ring (bicyclic) bond motifs is 1. The second-order valence-electron chi connectivity index (χ2n) is 9.26. The number of nitrogens with one attached hydrogen (secondary N) is 2. The van der Waals surface area contributed by atoms with Gasteiger partial charge < -0.3 is 10.6 Å². The minimum atomic E-state index is -0.353. The molecular weight excluding hydrogens is 623 g/mol. The van der Waals surface area contributed by atoms with Gasteiger partial charge in [-0.3, -0.25) is 4.18 Å². The maximum Gasteiger partial charge on any atom is 0.228 e. The predicted octanol–water partition coefficient (Wildman–Crippen LogP) is 6.15. The second-order valence-corrected chi connectivity index (χ2v) is 11.4. The molecule has 10 nitrogen and oxygen atoms in total. The standard InChI is InChI=1S/C24H25IN8O2S2/c1-15(2)5-7-33-21(10-18(12-27)32-33)31-23-28-6-4-20(30-23)16-8-17(11-26)22-19(9-16)24(3,13-29-22)14-34-37-35-36-25/h4,6,8-10,15,29H,5,7,13-14H2,1-3H3,(H,28,30,31). The number of anilines is 3. The van der Waals surface area contributed by atoms with E-state index in [1.807, 2.05) is 39.4 Å². The Bertz CT molecular complexity index is 1350. The first kappa shape index (κ1) is 27.5. The van der Waals surface area contributed by atoms with Gasteiger partial charge >= 0.3 is 0 Å². The van der Waals surface area contributed by atoms with Gasteiger partial charge in [0.15, 0.2) is 18.0 Å². The van der Waals surface area contributed by atoms with E-state index in [0.29, 0.717) is 54.3 Å². The van der Waals surface area contributed by atoms with Crippen LogP contribution in [0, 0.1) is 28.6 Å². The molecule has 0 fully saturated rings. The SMILES string of the molecule is CC(C)CCn1nc(C#N)cc1Nc1nccc(-c2cc(C#N)c3c(c2)C(C)(COSOSI)CN3)n1. The molecule has 0 bridgehead atoms. The van der Waals surface area contributed by atoms with E-state index in [2.05, 4.69) is 53.6 Å². The number of hydrogen-bond acceptors (Lipinski definition) is 11. The summed E-state index contributed by atoms with van der Waals surface area (Å²) in [5.41, 5.74) is 3.79. The third-order valence-electron chi connectivity index (χ3n) is 6.05. The Labute approximate surface area is 236 Å². The highest BCUT2D eigenvalue weighted by atomic mass is 127. The molecule has 4 rings (SSSR count). The number of hydrogen-bond donors (Lipinski definition) is 2. The van der Waals surface area contributed by atoms with E-state index in [1.165, 1.54) is 9.21 Å². The maximum absolute atomic E-state index is 9.85. The lowest BCUT2D eigenvalue weighted by Crippen LogP contribution is -2.29. The molecule has 37 heavy (non-hydrogen) atoms. The van der Waals surface area contributed by atoms with Gasteiger partial charge in [0.25, 0.3) is 0 Å². The number of aryl methyl sites for hydroxylation is 1. The Kier molecular flexibility index (Phi) is 9.15. The van der Waals surface area contributed by atoms with E-state index in [0.717, 1.165) is 35.6 Å². The molecule has 2 aromatic heterocycles. The third-order valence-corrected chi connectivity index (χ3v) is 8.01. The quantitative estimate of drug-likeness (QED) is 0.141. The zero-order valence-electron chi connectivity index (χ0n) is 20.5. The molecule has 0 amide bonds. The van der Waals surface area contributed by atoms with Crippen molar-refractivity contribution < 1.29 is 7.81 Å². The van der Waals surface area contributed by atoms with Crippen molar-refractivity contribution in [2.24, 2.45) is 5.92 Å². The Hall–Kier alpha value is -2.56. The molecule has 1 aliphatic heterocycles. The molecule has 13 heteroatoms. The Morgan fingerprint density at radius 2 is 2.14 bits per heavy atom. The molecule has 1 aliphatic rings. The number of halogens is 1. The molecule has 0 saturated carbocycles. The number of rotatable bonds is 11. The molecule has 0 aliphatic carbocycles. The molecule has 0 spiro atoms. The van der Waals surface area contributed by atoms with Gasteiger partial charge in [0.1, 0.15) is 18.0 Å². The Balaban J connectivity index is 1.63. The van der Waals surface area contributed by atoms with Crippen LogP contribution in [0.15, 0.2) is 30.5 Å². The van der Waals surface area contributed by atoms with Crippen LogP contribution in [-0.4, -0.2) is 32.9 Å². The van der Waals surface area contributed by atoms with E-state index in [-0.39, 0.29) is 5.41 Å². The predicted molar refractivity (Wildman–Crippen MR) is 154 cm³/mol. The molecule has 2 N–H and O–H groups in total. The van der Waals surface area contributed by atoms with Gasteiger partial charge in [0.05, 0.1) is 32.8 Å². The van der Waals surface area contributed by atoms with E-state index < -0.39 is 0 Å². The van der Waals surface area contributed by atoms with Crippen molar-refractivity contribution >= 4 is 60.2 Å². The number of nitrogens with zero attached hydrogens (tertiary/aromatic N) is 6. The minimum Gasteiger partial charge on any atom is -0.383 e. The van der Waals surface area contributed by atoms with Crippen LogP contribution < -0.4 is 10.6 Å². The summed E-state index contributed by atoms with van der Waals surface area (Å²) >= 11 is 2.97. The summed E-state index contributed by atoms with van der Waals surface area (Å²) in [6.07, 6.45) is 2.59. The van der Waals surface area contributed by atoms with Crippen molar-refractivity contribution in [2.75, 3.05) is 23.8 Å². The van der Waals surface area contributed by atoms with E-state index in [1.54, 1.807) is 16.9 Å². The first-order valence-electron chi connectivity index (χ1n) is 11.5. The van der Waals surface area contributed by atoms with E-state index in [4.69, 9.17) is 12.8 Å². The molecule has 1 atom stereocenters. The fourth-order valence-corrected chi connectivity index (χ4v) is 5.14. The van der Waals surface area contributed by atoms with Gasteiger partial charge in [-0.25, -0.2) is 18.3 Å². The average Bonchev–Trinajstić information content (AvgIpc) is 3.45. The van der Waals surface area contributed by atoms with Gasteiger partial charge in [0.2, 0.25) is 5.95 Å². The third kappa shape index (κ3) is 6.48. The first-order chi connectivity index (χ1) is 17.9. The maximum atomic E-state index is 9.85. The molecule has 1 aromatic carbocycles. The number of aromatic nitrogens is 4. The van der Waals surface area contributed by atoms with Crippen LogP contribution in [-0.2, 0) is 19.8 Å². The average molecular weight is 649 g/mol. The van der Waals surface area contributed by atoms with Gasteiger partial charge in [-0.15, -0.1) is 0 Å². The van der Waals surface area contributed by atoms with Gasteiger partial charge in [-0.05, 0) is 36.1 Å². The van der Waals surface area contributed by atoms with Gasteiger partial charge in [0, 0.05) is 57.5 Å². The number of nitriles is 2. The van der Waals surface area contributed by atoms with Crippen LogP contribution in [0.3, 0.4) is 0 Å². The summed E-state index contributed by atoms with van der Waals surface area (Å²) in [4.78, 5) is 9.08. The van der Waals surface area contributed by atoms with Crippen molar-refractivity contribution in [3.05, 3.63) is 47.3 Å². The smallest absolute Gasteiger partial charge is 0.228 e. The highest BCUT2D eigenvalue weighted by Gasteiger charge is 2.37. The summed E-state index contributed by atoms with van der Waals surface area (Å²) in [7, 11) is 1.19. The van der Waals surface area contributed by atoms with Crippen LogP contribution in [0.5, 0.6) is 0 Å². The Morgan fingerprint density at radius 1 is 1.30 bits per heavy atom. The van der Waals surface area contributed by atoms with Crippen LogP contribution in [0.1, 0.15) is 44.0 Å². The summed E-state index contributed by atoms with van der Waals surface area (Å²) in [5, 5.41) is 30.1. The molecule has 1 unspecified atom stereocenters. The highest BCUT2D eigenvalue weighted by Crippen LogP contribution is 2.42. The molecule has 192 valence electrons. The normalized spacial score (nSPS) is 16.2. The lowest BCUT2D eigenvalue weighted by Gasteiger charge is -2.23. The monoisotopic (exact) mass is 648 g/mol. The van der Waals surface area contributed by atoms with Crippen LogP contribution >= 0.6 is 42.7 Å². The van der Waals surface area contributed by atoms with Crippen molar-refractivity contribution in [1.82, 2.24) is 19.7 Å². The van der Waals surface area contributed by atoms with Crippen LogP contribution in [0.25, 0.3) is 11.3 Å². The van der Waals surface area contributed by atoms with Crippen molar-refractivity contribution in [1.29, 1.82) is 10.5 Å². The zero-order chi connectivity index (χ0) is 26.4. The minimum absolute atomic E-state index is 0.328. The lowest BCUT2D eigenvalue weighted by molar-refractivity contribution is 0.266. The molecular formula is C24H25IN8O2S2. The van der Waals surface area contributed by atoms with Crippen LogP contribution in [0.2, 0.25) is 0 Å².